The summed E-state index contributed by atoms with van der Waals surface area (Å²) in [4.78, 5) is 0.213. The molecule has 2 atom stereocenters. The fourth-order valence-electron chi connectivity index (χ4n) is 2.07. The SMILES string of the molecule is COc1ccc(C(Br)C2CCCO2)cc1OC. The van der Waals surface area contributed by atoms with Crippen LogP contribution in [0.5, 0.6) is 11.5 Å². The summed E-state index contributed by atoms with van der Waals surface area (Å²) in [7, 11) is 3.29. The maximum Gasteiger partial charge on any atom is 0.161 e. The molecule has 0 aliphatic carbocycles. The van der Waals surface area contributed by atoms with Crippen LogP contribution in [0.1, 0.15) is 23.2 Å². The molecule has 1 saturated heterocycles. The van der Waals surface area contributed by atoms with Crippen LogP contribution in [0.3, 0.4) is 0 Å². The van der Waals surface area contributed by atoms with Gasteiger partial charge in [-0.3, -0.25) is 0 Å². The van der Waals surface area contributed by atoms with E-state index in [1.807, 2.05) is 18.2 Å². The molecule has 1 heterocycles. The molecular formula is C13H17BrO3. The van der Waals surface area contributed by atoms with Gasteiger partial charge in [0.15, 0.2) is 11.5 Å². The van der Waals surface area contributed by atoms with E-state index in [2.05, 4.69) is 15.9 Å². The van der Waals surface area contributed by atoms with Gasteiger partial charge in [-0.15, -0.1) is 0 Å². The second-order valence-electron chi connectivity index (χ2n) is 4.07. The quantitative estimate of drug-likeness (QED) is 0.799. The first kappa shape index (κ1) is 12.7. The van der Waals surface area contributed by atoms with Gasteiger partial charge in [0.1, 0.15) is 0 Å². The molecule has 1 aliphatic rings. The summed E-state index contributed by atoms with van der Waals surface area (Å²) < 4.78 is 16.2. The van der Waals surface area contributed by atoms with Gasteiger partial charge in [-0.25, -0.2) is 0 Å². The van der Waals surface area contributed by atoms with Crippen LogP contribution < -0.4 is 9.47 Å². The van der Waals surface area contributed by atoms with Gasteiger partial charge in [0.25, 0.3) is 0 Å². The molecule has 3 nitrogen and oxygen atoms in total. The highest BCUT2D eigenvalue weighted by Gasteiger charge is 2.25. The zero-order valence-corrected chi connectivity index (χ0v) is 11.7. The van der Waals surface area contributed by atoms with Crippen molar-refractivity contribution in [2.75, 3.05) is 20.8 Å². The summed E-state index contributed by atoms with van der Waals surface area (Å²) in [5.41, 5.74) is 1.16. The Morgan fingerprint density at radius 3 is 2.65 bits per heavy atom. The maximum atomic E-state index is 5.68. The summed E-state index contributed by atoms with van der Waals surface area (Å²) in [6.45, 7) is 0.861. The fraction of sp³-hybridized carbons (Fsp3) is 0.538. The van der Waals surface area contributed by atoms with Crippen LogP contribution in [-0.4, -0.2) is 26.9 Å². The van der Waals surface area contributed by atoms with Crippen LogP contribution in [0.15, 0.2) is 18.2 Å². The maximum absolute atomic E-state index is 5.68. The summed E-state index contributed by atoms with van der Waals surface area (Å²) in [6, 6.07) is 5.97. The molecule has 2 rings (SSSR count). The van der Waals surface area contributed by atoms with Gasteiger partial charge in [-0.1, -0.05) is 22.0 Å². The van der Waals surface area contributed by atoms with Gasteiger partial charge >= 0.3 is 0 Å². The van der Waals surface area contributed by atoms with Crippen molar-refractivity contribution in [3.8, 4) is 11.5 Å². The number of hydrogen-bond acceptors (Lipinski definition) is 3. The number of ether oxygens (including phenoxy) is 3. The van der Waals surface area contributed by atoms with Gasteiger partial charge in [0.05, 0.1) is 25.2 Å². The number of alkyl halides is 1. The monoisotopic (exact) mass is 300 g/mol. The number of halogens is 1. The zero-order chi connectivity index (χ0) is 12.3. The standard InChI is InChI=1S/C13H17BrO3/c1-15-10-6-5-9(8-12(10)16-2)13(14)11-4-3-7-17-11/h5-6,8,11,13H,3-4,7H2,1-2H3. The zero-order valence-electron chi connectivity index (χ0n) is 10.1. The highest BCUT2D eigenvalue weighted by atomic mass is 79.9. The molecule has 1 fully saturated rings. The molecule has 0 radical (unpaired) electrons. The van der Waals surface area contributed by atoms with E-state index in [0.717, 1.165) is 36.5 Å². The first-order chi connectivity index (χ1) is 8.26. The van der Waals surface area contributed by atoms with E-state index in [1.165, 1.54) is 0 Å². The molecule has 0 N–H and O–H groups in total. The lowest BCUT2D eigenvalue weighted by Crippen LogP contribution is -2.12. The highest BCUT2D eigenvalue weighted by molar-refractivity contribution is 9.09. The lowest BCUT2D eigenvalue weighted by molar-refractivity contribution is 0.110. The second kappa shape index (κ2) is 5.74. The number of benzene rings is 1. The second-order valence-corrected chi connectivity index (χ2v) is 5.05. The lowest BCUT2D eigenvalue weighted by atomic mass is 10.1. The number of rotatable bonds is 4. The minimum Gasteiger partial charge on any atom is -0.493 e. The van der Waals surface area contributed by atoms with Gasteiger partial charge in [0, 0.05) is 6.61 Å². The highest BCUT2D eigenvalue weighted by Crippen LogP contribution is 2.37. The minimum absolute atomic E-state index is 0.213. The largest absolute Gasteiger partial charge is 0.493 e. The Morgan fingerprint density at radius 1 is 1.29 bits per heavy atom. The molecule has 1 aromatic rings. The number of hydrogen-bond donors (Lipinski definition) is 0. The van der Waals surface area contributed by atoms with Crippen molar-refractivity contribution in [1.29, 1.82) is 0 Å². The topological polar surface area (TPSA) is 27.7 Å². The van der Waals surface area contributed by atoms with E-state index < -0.39 is 0 Å². The average molecular weight is 301 g/mol. The van der Waals surface area contributed by atoms with E-state index in [0.29, 0.717) is 0 Å². The van der Waals surface area contributed by atoms with Crippen molar-refractivity contribution in [3.63, 3.8) is 0 Å². The Balaban J connectivity index is 2.20. The molecule has 0 amide bonds. The summed E-state index contributed by atoms with van der Waals surface area (Å²) in [6.07, 6.45) is 2.50. The van der Waals surface area contributed by atoms with Crippen molar-refractivity contribution in [1.82, 2.24) is 0 Å². The Morgan fingerprint density at radius 2 is 2.06 bits per heavy atom. The molecule has 4 heteroatoms. The van der Waals surface area contributed by atoms with Gasteiger partial charge in [0.2, 0.25) is 0 Å². The predicted molar refractivity (Wildman–Crippen MR) is 70.2 cm³/mol. The van der Waals surface area contributed by atoms with Crippen molar-refractivity contribution in [3.05, 3.63) is 23.8 Å². The molecule has 2 unspecified atom stereocenters. The Hall–Kier alpha value is -0.740. The van der Waals surface area contributed by atoms with Gasteiger partial charge < -0.3 is 14.2 Å². The van der Waals surface area contributed by atoms with Crippen molar-refractivity contribution < 1.29 is 14.2 Å². The molecular weight excluding hydrogens is 284 g/mol. The van der Waals surface area contributed by atoms with Crippen LogP contribution >= 0.6 is 15.9 Å². The van der Waals surface area contributed by atoms with Crippen LogP contribution in [0.25, 0.3) is 0 Å². The van der Waals surface area contributed by atoms with Gasteiger partial charge in [-0.05, 0) is 30.5 Å². The summed E-state index contributed by atoms with van der Waals surface area (Å²) in [5, 5.41) is 0. The van der Waals surface area contributed by atoms with Crippen molar-refractivity contribution in [2.24, 2.45) is 0 Å². The van der Waals surface area contributed by atoms with Crippen LogP contribution in [0.4, 0.5) is 0 Å². The third kappa shape index (κ3) is 2.75. The smallest absolute Gasteiger partial charge is 0.161 e. The van der Waals surface area contributed by atoms with Crippen LogP contribution in [-0.2, 0) is 4.74 Å². The normalized spacial score (nSPS) is 21.2. The molecule has 0 spiro atoms. The summed E-state index contributed by atoms with van der Waals surface area (Å²) in [5.74, 6) is 1.51. The van der Waals surface area contributed by atoms with E-state index in [4.69, 9.17) is 14.2 Å². The third-order valence-corrected chi connectivity index (χ3v) is 4.14. The fourth-order valence-corrected chi connectivity index (χ4v) is 2.77. The predicted octanol–water partition coefficient (Wildman–Crippen LogP) is 3.32. The average Bonchev–Trinajstić information content (AvgIpc) is 2.90. The Bertz CT molecular complexity index is 375. The molecule has 0 aromatic heterocycles. The molecule has 94 valence electrons. The third-order valence-electron chi connectivity index (χ3n) is 3.02. The lowest BCUT2D eigenvalue weighted by Gasteiger charge is -2.18. The molecule has 1 aliphatic heterocycles. The Kier molecular flexibility index (Phi) is 4.29. The van der Waals surface area contributed by atoms with Crippen molar-refractivity contribution >= 4 is 15.9 Å². The molecule has 0 bridgehead atoms. The van der Waals surface area contributed by atoms with E-state index in [1.54, 1.807) is 14.2 Å². The molecule has 17 heavy (non-hydrogen) atoms. The van der Waals surface area contributed by atoms with E-state index >= 15 is 0 Å². The van der Waals surface area contributed by atoms with E-state index in [9.17, 15) is 0 Å². The van der Waals surface area contributed by atoms with Crippen molar-refractivity contribution in [2.45, 2.75) is 23.8 Å². The first-order valence-corrected chi connectivity index (χ1v) is 6.65. The van der Waals surface area contributed by atoms with Crippen LogP contribution in [0, 0.1) is 0 Å². The summed E-state index contributed by atoms with van der Waals surface area (Å²) >= 11 is 3.70. The number of methoxy groups -OCH3 is 2. The van der Waals surface area contributed by atoms with Crippen LogP contribution in [0.2, 0.25) is 0 Å². The Labute approximate surface area is 110 Å². The first-order valence-electron chi connectivity index (χ1n) is 5.74. The van der Waals surface area contributed by atoms with Gasteiger partial charge in [-0.2, -0.15) is 0 Å². The molecule has 0 saturated carbocycles. The molecule has 1 aromatic carbocycles. The van der Waals surface area contributed by atoms with E-state index in [-0.39, 0.29) is 10.9 Å². The minimum atomic E-state index is 0.213.